The van der Waals surface area contributed by atoms with Gasteiger partial charge in [-0.05, 0) is 42.5 Å². The van der Waals surface area contributed by atoms with Gasteiger partial charge in [0.15, 0.2) is 0 Å². The Morgan fingerprint density at radius 2 is 1.60 bits per heavy atom. The van der Waals surface area contributed by atoms with E-state index in [4.69, 9.17) is 18.9 Å². The molecule has 1 N–H and O–H groups in total. The first-order chi connectivity index (χ1) is 17.0. The van der Waals surface area contributed by atoms with Crippen LogP contribution in [-0.4, -0.2) is 87.3 Å². The van der Waals surface area contributed by atoms with E-state index in [0.29, 0.717) is 54.7 Å². The summed E-state index contributed by atoms with van der Waals surface area (Å²) in [6.07, 6.45) is 0. The average molecular weight is 483 g/mol. The molecule has 35 heavy (non-hydrogen) atoms. The number of hydrogen-bond donors (Lipinski definition) is 1. The lowest BCUT2D eigenvalue weighted by atomic mass is 9.94. The number of morpholine rings is 1. The molecule has 1 amide bonds. The fourth-order valence-electron chi connectivity index (χ4n) is 4.47. The normalized spacial score (nSPS) is 20.2. The lowest BCUT2D eigenvalue weighted by Gasteiger charge is -2.31. The Labute approximate surface area is 204 Å². The summed E-state index contributed by atoms with van der Waals surface area (Å²) >= 11 is 0. The summed E-state index contributed by atoms with van der Waals surface area (Å²) in [6.45, 7) is 3.63. The number of benzene rings is 2. The predicted molar refractivity (Wildman–Crippen MR) is 129 cm³/mol. The van der Waals surface area contributed by atoms with Crippen molar-refractivity contribution in [3.63, 3.8) is 0 Å². The molecular formula is C26H30N2O7. The highest BCUT2D eigenvalue weighted by Crippen LogP contribution is 2.43. The molecular weight excluding hydrogens is 452 g/mol. The Bertz CT molecular complexity index is 1110. The molecule has 2 aliphatic rings. The molecule has 0 radical (unpaired) electrons. The highest BCUT2D eigenvalue weighted by molar-refractivity contribution is 6.46. The van der Waals surface area contributed by atoms with Crippen LogP contribution in [0.15, 0.2) is 48.0 Å². The third-order valence-corrected chi connectivity index (χ3v) is 6.40. The molecule has 0 saturated carbocycles. The van der Waals surface area contributed by atoms with Gasteiger partial charge in [-0.15, -0.1) is 0 Å². The van der Waals surface area contributed by atoms with E-state index in [1.165, 1.54) is 19.1 Å². The average Bonchev–Trinajstić information content (AvgIpc) is 3.16. The molecule has 2 heterocycles. The summed E-state index contributed by atoms with van der Waals surface area (Å²) in [7, 11) is 4.61. The Balaban J connectivity index is 1.80. The lowest BCUT2D eigenvalue weighted by molar-refractivity contribution is -0.140. The second-order valence-corrected chi connectivity index (χ2v) is 8.28. The zero-order valence-electron chi connectivity index (χ0n) is 20.2. The number of likely N-dealkylation sites (tertiary alicyclic amines) is 1. The van der Waals surface area contributed by atoms with Gasteiger partial charge in [-0.2, -0.15) is 0 Å². The Hall–Kier alpha value is -3.56. The number of aliphatic hydroxyl groups is 1. The maximum Gasteiger partial charge on any atom is 0.295 e. The van der Waals surface area contributed by atoms with Crippen molar-refractivity contribution in [3.05, 3.63) is 59.2 Å². The minimum atomic E-state index is -0.844. The zero-order chi connectivity index (χ0) is 24.9. The van der Waals surface area contributed by atoms with E-state index in [-0.39, 0.29) is 11.3 Å². The fraction of sp³-hybridized carbons (Fsp3) is 0.385. The van der Waals surface area contributed by atoms with E-state index < -0.39 is 17.7 Å². The number of nitrogens with zero attached hydrogens (tertiary/aromatic N) is 2. The highest BCUT2D eigenvalue weighted by atomic mass is 16.5. The standard InChI is InChI=1S/C26H30N2O7/c1-32-18-6-4-17(5-7-18)24(29)22-23(20-16-19(33-2)8-9-21(20)34-3)28(26(31)25(22)30)11-10-27-12-14-35-15-13-27/h4-9,16,23,29H,10-15H2,1-3H3/b24-22+/t23-/m0/s1. The van der Waals surface area contributed by atoms with Crippen LogP contribution in [0.4, 0.5) is 0 Å². The number of hydrogen-bond acceptors (Lipinski definition) is 8. The van der Waals surface area contributed by atoms with Crippen LogP contribution in [0, 0.1) is 0 Å². The lowest BCUT2D eigenvalue weighted by Crippen LogP contribution is -2.42. The molecule has 0 aromatic heterocycles. The van der Waals surface area contributed by atoms with Crippen molar-refractivity contribution >= 4 is 17.4 Å². The van der Waals surface area contributed by atoms with Crippen LogP contribution in [-0.2, 0) is 14.3 Å². The molecule has 2 aromatic rings. The van der Waals surface area contributed by atoms with Gasteiger partial charge in [0.2, 0.25) is 0 Å². The number of carbonyl (C=O) groups is 2. The monoisotopic (exact) mass is 482 g/mol. The first kappa shape index (κ1) is 24.6. The van der Waals surface area contributed by atoms with Gasteiger partial charge in [-0.25, -0.2) is 0 Å². The maximum absolute atomic E-state index is 13.3. The van der Waals surface area contributed by atoms with Crippen molar-refractivity contribution in [1.82, 2.24) is 9.80 Å². The number of methoxy groups -OCH3 is 3. The number of rotatable bonds is 8. The smallest absolute Gasteiger partial charge is 0.295 e. The third kappa shape index (κ3) is 4.96. The zero-order valence-corrected chi connectivity index (χ0v) is 20.2. The molecule has 1 atom stereocenters. The SMILES string of the molecule is COc1ccc(/C(O)=C2\C(=O)C(=O)N(CCN3CCOCC3)[C@H]2c2cc(OC)ccc2OC)cc1. The molecule has 0 aliphatic carbocycles. The van der Waals surface area contributed by atoms with E-state index in [2.05, 4.69) is 4.90 Å². The Morgan fingerprint density at radius 1 is 0.943 bits per heavy atom. The maximum atomic E-state index is 13.3. The molecule has 0 unspecified atom stereocenters. The molecule has 9 heteroatoms. The van der Waals surface area contributed by atoms with Gasteiger partial charge in [0.05, 0.1) is 46.2 Å². The number of carbonyl (C=O) groups excluding carboxylic acids is 2. The van der Waals surface area contributed by atoms with Crippen molar-refractivity contribution in [3.8, 4) is 17.2 Å². The van der Waals surface area contributed by atoms with E-state index in [9.17, 15) is 14.7 Å². The number of ether oxygens (including phenoxy) is 4. The second-order valence-electron chi connectivity index (χ2n) is 8.28. The van der Waals surface area contributed by atoms with Gasteiger partial charge < -0.3 is 29.0 Å². The van der Waals surface area contributed by atoms with Crippen molar-refractivity contribution < 1.29 is 33.6 Å². The quantitative estimate of drug-likeness (QED) is 0.348. The number of ketones is 1. The van der Waals surface area contributed by atoms with Crippen LogP contribution in [0.25, 0.3) is 5.76 Å². The summed E-state index contributed by atoms with van der Waals surface area (Å²) in [5, 5.41) is 11.3. The molecule has 2 saturated heterocycles. The van der Waals surface area contributed by atoms with Gasteiger partial charge in [0.1, 0.15) is 23.0 Å². The van der Waals surface area contributed by atoms with E-state index in [1.54, 1.807) is 49.6 Å². The summed E-state index contributed by atoms with van der Waals surface area (Å²) < 4.78 is 21.6. The Kier molecular flexibility index (Phi) is 7.57. The van der Waals surface area contributed by atoms with Crippen molar-refractivity contribution in [1.29, 1.82) is 0 Å². The van der Waals surface area contributed by atoms with Crippen LogP contribution < -0.4 is 14.2 Å². The van der Waals surface area contributed by atoms with Crippen molar-refractivity contribution in [2.45, 2.75) is 6.04 Å². The Morgan fingerprint density at radius 3 is 2.23 bits per heavy atom. The van der Waals surface area contributed by atoms with Crippen LogP contribution in [0.2, 0.25) is 0 Å². The molecule has 2 fully saturated rings. The largest absolute Gasteiger partial charge is 0.507 e. The number of amides is 1. The molecule has 9 nitrogen and oxygen atoms in total. The topological polar surface area (TPSA) is 97.8 Å². The third-order valence-electron chi connectivity index (χ3n) is 6.40. The minimum absolute atomic E-state index is 0.00805. The van der Waals surface area contributed by atoms with Gasteiger partial charge in [0, 0.05) is 37.3 Å². The van der Waals surface area contributed by atoms with Crippen molar-refractivity contribution in [2.75, 3.05) is 60.7 Å². The highest BCUT2D eigenvalue weighted by Gasteiger charge is 2.47. The molecule has 2 aromatic carbocycles. The van der Waals surface area contributed by atoms with Gasteiger partial charge >= 0.3 is 0 Å². The summed E-state index contributed by atoms with van der Waals surface area (Å²) in [5.41, 5.74) is 0.973. The number of Topliss-reactive ketones (excluding diaryl/α,β-unsaturated/α-hetero) is 1. The first-order valence-electron chi connectivity index (χ1n) is 11.4. The van der Waals surface area contributed by atoms with E-state index >= 15 is 0 Å². The van der Waals surface area contributed by atoms with Gasteiger partial charge in [-0.3, -0.25) is 14.5 Å². The predicted octanol–water partition coefficient (Wildman–Crippen LogP) is 2.47. The summed E-state index contributed by atoms with van der Waals surface area (Å²) in [4.78, 5) is 30.3. The van der Waals surface area contributed by atoms with Gasteiger partial charge in [-0.1, -0.05) is 0 Å². The van der Waals surface area contributed by atoms with E-state index in [0.717, 1.165) is 13.1 Å². The summed E-state index contributed by atoms with van der Waals surface area (Å²) in [6, 6.07) is 11.0. The molecule has 2 aliphatic heterocycles. The van der Waals surface area contributed by atoms with Crippen LogP contribution in [0.3, 0.4) is 0 Å². The van der Waals surface area contributed by atoms with Crippen LogP contribution >= 0.6 is 0 Å². The first-order valence-corrected chi connectivity index (χ1v) is 11.4. The number of aliphatic hydroxyl groups excluding tert-OH is 1. The molecule has 0 bridgehead atoms. The molecule has 186 valence electrons. The van der Waals surface area contributed by atoms with Crippen LogP contribution in [0.1, 0.15) is 17.2 Å². The minimum Gasteiger partial charge on any atom is -0.507 e. The second kappa shape index (κ2) is 10.8. The van der Waals surface area contributed by atoms with Crippen molar-refractivity contribution in [2.24, 2.45) is 0 Å². The summed E-state index contributed by atoms with van der Waals surface area (Å²) in [5.74, 6) is -0.0228. The van der Waals surface area contributed by atoms with E-state index in [1.807, 2.05) is 0 Å². The van der Waals surface area contributed by atoms with Crippen LogP contribution in [0.5, 0.6) is 17.2 Å². The molecule has 4 rings (SSSR count). The van der Waals surface area contributed by atoms with Gasteiger partial charge in [0.25, 0.3) is 11.7 Å². The fourth-order valence-corrected chi connectivity index (χ4v) is 4.47. The molecule has 0 spiro atoms.